The van der Waals surface area contributed by atoms with Crippen molar-refractivity contribution in [1.82, 2.24) is 10.3 Å². The summed E-state index contributed by atoms with van der Waals surface area (Å²) >= 11 is 1.33. The van der Waals surface area contributed by atoms with E-state index in [1.165, 1.54) is 11.3 Å². The first-order valence-corrected chi connectivity index (χ1v) is 7.03. The van der Waals surface area contributed by atoms with Crippen molar-refractivity contribution in [2.24, 2.45) is 0 Å². The SMILES string of the molecule is Cc1cccc(NC(=O)[C@H](C)NC(=O)c2cccs2)n1. The summed E-state index contributed by atoms with van der Waals surface area (Å²) in [6, 6.07) is 8.24. The number of aromatic nitrogens is 1. The third-order valence-corrected chi connectivity index (χ3v) is 3.49. The Kier molecular flexibility index (Phi) is 4.47. The summed E-state index contributed by atoms with van der Waals surface area (Å²) < 4.78 is 0. The van der Waals surface area contributed by atoms with E-state index in [0.717, 1.165) is 5.69 Å². The quantitative estimate of drug-likeness (QED) is 0.906. The number of carbonyl (C=O) groups excluding carboxylic acids is 2. The Morgan fingerprint density at radius 3 is 2.70 bits per heavy atom. The number of anilines is 1. The van der Waals surface area contributed by atoms with E-state index in [4.69, 9.17) is 0 Å². The Hall–Kier alpha value is -2.21. The van der Waals surface area contributed by atoms with Gasteiger partial charge >= 0.3 is 0 Å². The molecule has 2 rings (SSSR count). The van der Waals surface area contributed by atoms with Gasteiger partial charge in [0, 0.05) is 5.69 Å². The standard InChI is InChI=1S/C14H15N3O2S/c1-9-5-3-7-12(15-9)17-13(18)10(2)16-14(19)11-6-4-8-20-11/h3-8,10H,1-2H3,(H,16,19)(H,15,17,18)/t10-/m0/s1. The smallest absolute Gasteiger partial charge is 0.261 e. The van der Waals surface area contributed by atoms with Gasteiger partial charge in [-0.1, -0.05) is 12.1 Å². The minimum Gasteiger partial charge on any atom is -0.340 e. The topological polar surface area (TPSA) is 71.1 Å². The van der Waals surface area contributed by atoms with Crippen molar-refractivity contribution in [3.05, 3.63) is 46.3 Å². The van der Waals surface area contributed by atoms with E-state index >= 15 is 0 Å². The minimum atomic E-state index is -0.632. The summed E-state index contributed by atoms with van der Waals surface area (Å²) in [7, 11) is 0. The molecule has 2 amide bonds. The van der Waals surface area contributed by atoms with Crippen LogP contribution in [-0.4, -0.2) is 22.8 Å². The molecule has 20 heavy (non-hydrogen) atoms. The van der Waals surface area contributed by atoms with Gasteiger partial charge in [0.25, 0.3) is 5.91 Å². The molecule has 2 heterocycles. The summed E-state index contributed by atoms with van der Waals surface area (Å²) in [4.78, 5) is 28.6. The van der Waals surface area contributed by atoms with Crippen molar-refractivity contribution in [2.75, 3.05) is 5.32 Å². The second kappa shape index (κ2) is 6.29. The second-order valence-electron chi connectivity index (χ2n) is 4.33. The Balaban J connectivity index is 1.94. The first-order chi connectivity index (χ1) is 9.56. The molecule has 0 bridgehead atoms. The number of pyridine rings is 1. The first kappa shape index (κ1) is 14.2. The third kappa shape index (κ3) is 3.64. The van der Waals surface area contributed by atoms with Crippen molar-refractivity contribution in [3.8, 4) is 0 Å². The summed E-state index contributed by atoms with van der Waals surface area (Å²) in [5, 5.41) is 7.14. The second-order valence-corrected chi connectivity index (χ2v) is 5.27. The van der Waals surface area contributed by atoms with Crippen LogP contribution in [0.5, 0.6) is 0 Å². The molecule has 5 nitrogen and oxygen atoms in total. The van der Waals surface area contributed by atoms with E-state index in [1.54, 1.807) is 25.1 Å². The van der Waals surface area contributed by atoms with E-state index in [9.17, 15) is 9.59 Å². The number of aryl methyl sites for hydroxylation is 1. The molecule has 0 aliphatic carbocycles. The van der Waals surface area contributed by atoms with E-state index in [-0.39, 0.29) is 11.8 Å². The molecule has 0 unspecified atom stereocenters. The minimum absolute atomic E-state index is 0.250. The number of hydrogen-bond donors (Lipinski definition) is 2. The number of carbonyl (C=O) groups is 2. The highest BCUT2D eigenvalue weighted by atomic mass is 32.1. The van der Waals surface area contributed by atoms with Gasteiger partial charge in [0.1, 0.15) is 11.9 Å². The summed E-state index contributed by atoms with van der Waals surface area (Å²) in [6.07, 6.45) is 0. The van der Waals surface area contributed by atoms with Gasteiger partial charge in [-0.05, 0) is 37.4 Å². The van der Waals surface area contributed by atoms with E-state index in [2.05, 4.69) is 15.6 Å². The maximum Gasteiger partial charge on any atom is 0.261 e. The van der Waals surface area contributed by atoms with Crippen molar-refractivity contribution in [1.29, 1.82) is 0 Å². The van der Waals surface area contributed by atoms with Crippen molar-refractivity contribution in [2.45, 2.75) is 19.9 Å². The molecule has 104 valence electrons. The van der Waals surface area contributed by atoms with Crippen molar-refractivity contribution < 1.29 is 9.59 Å². The summed E-state index contributed by atoms with van der Waals surface area (Å²) in [5.74, 6) is -0.0694. The lowest BCUT2D eigenvalue weighted by molar-refractivity contribution is -0.117. The van der Waals surface area contributed by atoms with Crippen LogP contribution in [0.4, 0.5) is 5.82 Å². The predicted octanol–water partition coefficient (Wildman–Crippen LogP) is 2.21. The number of thiophene rings is 1. The maximum atomic E-state index is 12.0. The maximum absolute atomic E-state index is 12.0. The van der Waals surface area contributed by atoms with Gasteiger partial charge in [-0.25, -0.2) is 4.98 Å². The van der Waals surface area contributed by atoms with Crippen LogP contribution in [-0.2, 0) is 4.79 Å². The van der Waals surface area contributed by atoms with E-state index in [0.29, 0.717) is 10.7 Å². The lowest BCUT2D eigenvalue weighted by Gasteiger charge is -2.13. The lowest BCUT2D eigenvalue weighted by Crippen LogP contribution is -2.41. The van der Waals surface area contributed by atoms with Crippen LogP contribution < -0.4 is 10.6 Å². The van der Waals surface area contributed by atoms with Gasteiger partial charge in [0.15, 0.2) is 0 Å². The predicted molar refractivity (Wildman–Crippen MR) is 78.9 cm³/mol. The number of rotatable bonds is 4. The zero-order valence-corrected chi connectivity index (χ0v) is 12.0. The average molecular weight is 289 g/mol. The number of hydrogen-bond acceptors (Lipinski definition) is 4. The van der Waals surface area contributed by atoms with Gasteiger partial charge in [0.05, 0.1) is 4.88 Å². The summed E-state index contributed by atoms with van der Waals surface area (Å²) in [5.41, 5.74) is 0.818. The summed E-state index contributed by atoms with van der Waals surface area (Å²) in [6.45, 7) is 3.48. The number of amides is 2. The molecule has 0 fully saturated rings. The number of nitrogens with zero attached hydrogens (tertiary/aromatic N) is 1. The average Bonchev–Trinajstić information content (AvgIpc) is 2.92. The molecule has 0 saturated carbocycles. The molecule has 0 spiro atoms. The molecule has 2 aromatic rings. The Bertz CT molecular complexity index is 611. The molecule has 0 aliphatic heterocycles. The van der Waals surface area contributed by atoms with Gasteiger partial charge in [-0.3, -0.25) is 9.59 Å². The molecule has 0 aromatic carbocycles. The third-order valence-electron chi connectivity index (χ3n) is 2.63. The van der Waals surface area contributed by atoms with Crippen LogP contribution in [0.15, 0.2) is 35.7 Å². The zero-order valence-electron chi connectivity index (χ0n) is 11.2. The van der Waals surface area contributed by atoms with Gasteiger partial charge in [-0.2, -0.15) is 0 Å². The highest BCUT2D eigenvalue weighted by molar-refractivity contribution is 7.12. The fourth-order valence-corrected chi connectivity index (χ4v) is 2.22. The lowest BCUT2D eigenvalue weighted by atomic mass is 10.3. The first-order valence-electron chi connectivity index (χ1n) is 6.15. The Morgan fingerprint density at radius 1 is 1.25 bits per heavy atom. The highest BCUT2D eigenvalue weighted by Gasteiger charge is 2.17. The van der Waals surface area contributed by atoms with Gasteiger partial charge in [-0.15, -0.1) is 11.3 Å². The van der Waals surface area contributed by atoms with E-state index < -0.39 is 6.04 Å². The van der Waals surface area contributed by atoms with Crippen LogP contribution >= 0.6 is 11.3 Å². The largest absolute Gasteiger partial charge is 0.340 e. The molecular weight excluding hydrogens is 274 g/mol. The normalized spacial score (nSPS) is 11.7. The Morgan fingerprint density at radius 2 is 2.05 bits per heavy atom. The molecule has 0 saturated heterocycles. The molecule has 6 heteroatoms. The van der Waals surface area contributed by atoms with Crippen LogP contribution in [0.2, 0.25) is 0 Å². The molecular formula is C14H15N3O2S. The van der Waals surface area contributed by atoms with Crippen LogP contribution in [0.3, 0.4) is 0 Å². The van der Waals surface area contributed by atoms with Crippen molar-refractivity contribution in [3.63, 3.8) is 0 Å². The van der Waals surface area contributed by atoms with Crippen LogP contribution in [0.1, 0.15) is 22.3 Å². The highest BCUT2D eigenvalue weighted by Crippen LogP contribution is 2.09. The molecule has 0 radical (unpaired) electrons. The molecule has 1 atom stereocenters. The molecule has 2 N–H and O–H groups in total. The number of nitrogens with one attached hydrogen (secondary N) is 2. The molecule has 0 aliphatic rings. The van der Waals surface area contributed by atoms with E-state index in [1.807, 2.05) is 24.4 Å². The zero-order chi connectivity index (χ0) is 14.5. The van der Waals surface area contributed by atoms with Crippen LogP contribution in [0, 0.1) is 6.92 Å². The molecule has 2 aromatic heterocycles. The van der Waals surface area contributed by atoms with Crippen LogP contribution in [0.25, 0.3) is 0 Å². The van der Waals surface area contributed by atoms with Gasteiger partial charge in [0.2, 0.25) is 5.91 Å². The fourth-order valence-electron chi connectivity index (χ4n) is 1.59. The fraction of sp³-hybridized carbons (Fsp3) is 0.214. The monoisotopic (exact) mass is 289 g/mol. The van der Waals surface area contributed by atoms with Crippen molar-refractivity contribution >= 4 is 29.0 Å². The Labute approximate surface area is 121 Å². The van der Waals surface area contributed by atoms with Gasteiger partial charge < -0.3 is 10.6 Å².